The Kier molecular flexibility index (Phi) is 4.94. The topological polar surface area (TPSA) is 101 Å². The van der Waals surface area contributed by atoms with Crippen molar-refractivity contribution in [3.05, 3.63) is 35.7 Å². The number of halogens is 3. The van der Waals surface area contributed by atoms with Gasteiger partial charge in [-0.1, -0.05) is 6.92 Å². The molecule has 1 aliphatic rings. The van der Waals surface area contributed by atoms with E-state index in [1.54, 1.807) is 20.0 Å². The van der Waals surface area contributed by atoms with E-state index in [-0.39, 0.29) is 28.4 Å². The van der Waals surface area contributed by atoms with E-state index < -0.39 is 34.2 Å². The van der Waals surface area contributed by atoms with Gasteiger partial charge in [-0.25, -0.2) is 9.97 Å². The maximum absolute atomic E-state index is 13.0. The molecule has 7 nitrogen and oxygen atoms in total. The lowest BCUT2D eigenvalue weighted by molar-refractivity contribution is -0.137. The first-order valence-electron chi connectivity index (χ1n) is 9.23. The van der Waals surface area contributed by atoms with Crippen LogP contribution in [-0.4, -0.2) is 46.0 Å². The molecule has 1 atom stereocenters. The highest BCUT2D eigenvalue weighted by molar-refractivity contribution is 7.85. The van der Waals surface area contributed by atoms with Crippen molar-refractivity contribution in [3.8, 4) is 11.5 Å². The molecule has 30 heavy (non-hydrogen) atoms. The Morgan fingerprint density at radius 2 is 1.93 bits per heavy atom. The van der Waals surface area contributed by atoms with Crippen LogP contribution in [0.3, 0.4) is 0 Å². The highest BCUT2D eigenvalue weighted by Crippen LogP contribution is 2.50. The summed E-state index contributed by atoms with van der Waals surface area (Å²) >= 11 is 0. The molecule has 4 rings (SSSR count). The van der Waals surface area contributed by atoms with E-state index in [0.29, 0.717) is 23.3 Å². The minimum absolute atomic E-state index is 0.0471. The molecule has 0 amide bonds. The fourth-order valence-corrected chi connectivity index (χ4v) is 4.42. The van der Waals surface area contributed by atoms with Crippen molar-refractivity contribution in [1.82, 2.24) is 19.5 Å². The first-order valence-corrected chi connectivity index (χ1v) is 10.6. The maximum Gasteiger partial charge on any atom is 0.417 e. The molecule has 0 radical (unpaired) electrons. The molecule has 0 aromatic carbocycles. The number of aliphatic hydroxyl groups is 2. The van der Waals surface area contributed by atoms with Gasteiger partial charge in [0.2, 0.25) is 0 Å². The van der Waals surface area contributed by atoms with Crippen LogP contribution in [0.2, 0.25) is 0 Å². The first kappa shape index (κ1) is 20.9. The van der Waals surface area contributed by atoms with E-state index in [2.05, 4.69) is 15.0 Å². The highest BCUT2D eigenvalue weighted by Gasteiger charge is 2.50. The van der Waals surface area contributed by atoms with Crippen LogP contribution in [-0.2, 0) is 29.4 Å². The van der Waals surface area contributed by atoms with Gasteiger partial charge in [0.05, 0.1) is 21.3 Å². The number of alkyl halides is 3. The molecule has 11 heteroatoms. The third-order valence-electron chi connectivity index (χ3n) is 5.47. The molecular weight excluding hydrogens is 421 g/mol. The lowest BCUT2D eigenvalue weighted by Crippen LogP contribution is -2.25. The molecule has 0 aliphatic heterocycles. The van der Waals surface area contributed by atoms with Crippen LogP contribution < -0.4 is 0 Å². The summed E-state index contributed by atoms with van der Waals surface area (Å²) in [5.74, 6) is 0.516. The number of rotatable bonds is 5. The van der Waals surface area contributed by atoms with Crippen molar-refractivity contribution in [2.75, 3.05) is 5.75 Å². The van der Waals surface area contributed by atoms with Crippen LogP contribution in [0.25, 0.3) is 22.7 Å². The van der Waals surface area contributed by atoms with Gasteiger partial charge < -0.3 is 14.8 Å². The number of nitrogens with zero attached hydrogens (tertiary/aromatic N) is 4. The monoisotopic (exact) mass is 440 g/mol. The fourth-order valence-electron chi connectivity index (χ4n) is 3.49. The number of imidazole rings is 1. The second kappa shape index (κ2) is 7.10. The average molecular weight is 440 g/mol. The van der Waals surface area contributed by atoms with Gasteiger partial charge in [-0.2, -0.15) is 13.2 Å². The minimum atomic E-state index is -4.54. The van der Waals surface area contributed by atoms with Crippen molar-refractivity contribution < 1.29 is 27.6 Å². The van der Waals surface area contributed by atoms with E-state index >= 15 is 0 Å². The molecule has 1 saturated carbocycles. The molecule has 1 unspecified atom stereocenters. The SMILES string of the molecule is CCS(=O)c1cc(C2(C(O)O)CC2)cnc1-c1nc2cc(C(F)(F)F)cnc2n1C. The Bertz CT molecular complexity index is 1160. The normalized spacial score (nSPS) is 16.9. The largest absolute Gasteiger partial charge is 0.417 e. The van der Waals surface area contributed by atoms with Crippen LogP contribution in [0.1, 0.15) is 30.9 Å². The van der Waals surface area contributed by atoms with Crippen LogP contribution in [0.15, 0.2) is 29.4 Å². The predicted octanol–water partition coefficient (Wildman–Crippen LogP) is 2.52. The number of hydrogen-bond donors (Lipinski definition) is 2. The van der Waals surface area contributed by atoms with Crippen LogP contribution in [0, 0.1) is 0 Å². The fraction of sp³-hybridized carbons (Fsp3) is 0.421. The van der Waals surface area contributed by atoms with E-state index in [0.717, 1.165) is 12.3 Å². The van der Waals surface area contributed by atoms with Crippen LogP contribution in [0.5, 0.6) is 0 Å². The third-order valence-corrected chi connectivity index (χ3v) is 6.79. The molecule has 2 N–H and O–H groups in total. The second-order valence-corrected chi connectivity index (χ2v) is 9.00. The number of aryl methyl sites for hydroxylation is 1. The Labute approximate surface area is 172 Å². The van der Waals surface area contributed by atoms with Gasteiger partial charge in [0.15, 0.2) is 17.8 Å². The number of fused-ring (bicyclic) bond motifs is 1. The molecule has 3 aromatic rings. The molecule has 3 heterocycles. The van der Waals surface area contributed by atoms with E-state index in [4.69, 9.17) is 0 Å². The Hall–Kier alpha value is -2.37. The molecule has 0 bridgehead atoms. The van der Waals surface area contributed by atoms with E-state index in [9.17, 15) is 27.6 Å². The summed E-state index contributed by atoms with van der Waals surface area (Å²) in [6.07, 6.45) is -2.74. The van der Waals surface area contributed by atoms with Gasteiger partial charge in [0.1, 0.15) is 11.2 Å². The van der Waals surface area contributed by atoms with Crippen LogP contribution >= 0.6 is 0 Å². The summed E-state index contributed by atoms with van der Waals surface area (Å²) in [6.45, 7) is 1.73. The zero-order chi connectivity index (χ0) is 21.8. The van der Waals surface area contributed by atoms with Crippen molar-refractivity contribution in [1.29, 1.82) is 0 Å². The quantitative estimate of drug-likeness (QED) is 0.592. The Balaban J connectivity index is 1.88. The van der Waals surface area contributed by atoms with Crippen molar-refractivity contribution in [2.45, 2.75) is 42.5 Å². The van der Waals surface area contributed by atoms with Gasteiger partial charge in [-0.3, -0.25) is 9.19 Å². The molecule has 3 aromatic heterocycles. The summed E-state index contributed by atoms with van der Waals surface area (Å²) < 4.78 is 53.3. The number of hydrogen-bond acceptors (Lipinski definition) is 6. The standard InChI is InChI=1S/C19H19F3N4O3S/c1-3-30(29)13-7-10(18(4-5-18)17(27)28)8-23-14(13)16-25-12-6-11(19(20,21)22)9-24-15(12)26(16)2/h6-9,17,27-28H,3-5H2,1-2H3. The Morgan fingerprint density at radius 3 is 2.50 bits per heavy atom. The minimum Gasteiger partial charge on any atom is -0.367 e. The molecule has 1 aliphatic carbocycles. The van der Waals surface area contributed by atoms with Crippen molar-refractivity contribution in [3.63, 3.8) is 0 Å². The molecular formula is C19H19F3N4O3S. The average Bonchev–Trinajstić information content (AvgIpc) is 3.46. The third kappa shape index (κ3) is 3.30. The lowest BCUT2D eigenvalue weighted by Gasteiger charge is -2.19. The van der Waals surface area contributed by atoms with E-state index in [1.807, 2.05) is 0 Å². The Morgan fingerprint density at radius 1 is 1.23 bits per heavy atom. The predicted molar refractivity (Wildman–Crippen MR) is 103 cm³/mol. The van der Waals surface area contributed by atoms with Crippen molar-refractivity contribution in [2.24, 2.45) is 7.05 Å². The zero-order valence-electron chi connectivity index (χ0n) is 16.1. The maximum atomic E-state index is 13.0. The molecule has 0 saturated heterocycles. The van der Waals surface area contributed by atoms with Crippen LogP contribution in [0.4, 0.5) is 13.2 Å². The summed E-state index contributed by atoms with van der Waals surface area (Å²) in [5, 5.41) is 19.5. The van der Waals surface area contributed by atoms with Gasteiger partial charge in [-0.05, 0) is 30.5 Å². The number of aromatic nitrogens is 4. The van der Waals surface area contributed by atoms with Gasteiger partial charge in [-0.15, -0.1) is 0 Å². The zero-order valence-corrected chi connectivity index (χ0v) is 17.0. The number of pyridine rings is 2. The second-order valence-electron chi connectivity index (χ2n) is 7.29. The molecule has 1 fully saturated rings. The summed E-state index contributed by atoms with van der Waals surface area (Å²) in [4.78, 5) is 12.9. The highest BCUT2D eigenvalue weighted by atomic mass is 32.2. The van der Waals surface area contributed by atoms with Gasteiger partial charge in [0, 0.05) is 30.6 Å². The van der Waals surface area contributed by atoms with E-state index in [1.165, 1.54) is 10.8 Å². The summed E-state index contributed by atoms with van der Waals surface area (Å²) in [6, 6.07) is 2.54. The van der Waals surface area contributed by atoms with Gasteiger partial charge in [0.25, 0.3) is 0 Å². The smallest absolute Gasteiger partial charge is 0.367 e. The van der Waals surface area contributed by atoms with Gasteiger partial charge >= 0.3 is 6.18 Å². The number of aliphatic hydroxyl groups excluding tert-OH is 1. The van der Waals surface area contributed by atoms with Crippen molar-refractivity contribution >= 4 is 22.0 Å². The summed E-state index contributed by atoms with van der Waals surface area (Å²) in [7, 11) is 0.135. The first-order chi connectivity index (χ1) is 14.1. The molecule has 160 valence electrons. The summed E-state index contributed by atoms with van der Waals surface area (Å²) in [5.41, 5.74) is -0.626. The molecule has 0 spiro atoms. The lowest BCUT2D eigenvalue weighted by atomic mass is 9.97.